The molecule has 3 rings (SSSR count). The van der Waals surface area contributed by atoms with Crippen molar-refractivity contribution in [2.24, 2.45) is 0 Å². The standard InChI is InChI=1S/C13H8ClN7/c14-9-4-10-11(2-1-3-12(10)17-7-9)16-6-8(5-15)13-18-20-21-19-13/h1-4,6-7,16H,(H,18,19,20,21). The van der Waals surface area contributed by atoms with Crippen LogP contribution in [-0.4, -0.2) is 25.6 Å². The van der Waals surface area contributed by atoms with Gasteiger partial charge in [0.25, 0.3) is 0 Å². The number of halogens is 1. The van der Waals surface area contributed by atoms with E-state index in [0.29, 0.717) is 5.02 Å². The monoisotopic (exact) mass is 297 g/mol. The van der Waals surface area contributed by atoms with Gasteiger partial charge in [-0.2, -0.15) is 10.5 Å². The molecule has 8 heteroatoms. The largest absolute Gasteiger partial charge is 0.360 e. The molecule has 0 radical (unpaired) electrons. The van der Waals surface area contributed by atoms with Gasteiger partial charge in [-0.1, -0.05) is 17.7 Å². The van der Waals surface area contributed by atoms with Crippen LogP contribution < -0.4 is 5.32 Å². The average molecular weight is 298 g/mol. The van der Waals surface area contributed by atoms with Gasteiger partial charge in [0.1, 0.15) is 11.6 Å². The first-order valence-corrected chi connectivity index (χ1v) is 6.30. The van der Waals surface area contributed by atoms with E-state index in [1.54, 1.807) is 12.3 Å². The number of anilines is 1. The molecule has 2 N–H and O–H groups in total. The number of rotatable bonds is 3. The summed E-state index contributed by atoms with van der Waals surface area (Å²) in [6.07, 6.45) is 3.10. The SMILES string of the molecule is N#CC(=CNc1cccc2ncc(Cl)cc12)c1nn[nH]n1. The van der Waals surface area contributed by atoms with Crippen LogP contribution in [0.3, 0.4) is 0 Å². The van der Waals surface area contributed by atoms with Gasteiger partial charge in [0.15, 0.2) is 0 Å². The number of H-pyrrole nitrogens is 1. The van der Waals surface area contributed by atoms with Crippen molar-refractivity contribution in [3.63, 3.8) is 0 Å². The van der Waals surface area contributed by atoms with E-state index in [-0.39, 0.29) is 11.4 Å². The molecule has 0 saturated carbocycles. The van der Waals surface area contributed by atoms with Crippen molar-refractivity contribution < 1.29 is 0 Å². The lowest BCUT2D eigenvalue weighted by Gasteiger charge is -2.06. The lowest BCUT2D eigenvalue weighted by atomic mass is 10.2. The molecule has 0 aliphatic rings. The summed E-state index contributed by atoms with van der Waals surface area (Å²) in [4.78, 5) is 4.24. The second-order valence-electron chi connectivity index (χ2n) is 4.08. The van der Waals surface area contributed by atoms with Gasteiger partial charge in [-0.15, -0.1) is 10.2 Å². The maximum Gasteiger partial charge on any atom is 0.216 e. The zero-order valence-corrected chi connectivity index (χ0v) is 11.3. The van der Waals surface area contributed by atoms with Crippen molar-refractivity contribution in [1.29, 1.82) is 5.26 Å². The Morgan fingerprint density at radius 2 is 2.33 bits per heavy atom. The van der Waals surface area contributed by atoms with Gasteiger partial charge in [-0.05, 0) is 23.4 Å². The lowest BCUT2D eigenvalue weighted by molar-refractivity contribution is 0.881. The number of aromatic nitrogens is 5. The second-order valence-corrected chi connectivity index (χ2v) is 4.51. The Hall–Kier alpha value is -2.98. The van der Waals surface area contributed by atoms with E-state index in [1.807, 2.05) is 24.3 Å². The Bertz CT molecular complexity index is 849. The number of nitriles is 1. The predicted molar refractivity (Wildman–Crippen MR) is 78.1 cm³/mol. The minimum atomic E-state index is 0.224. The van der Waals surface area contributed by atoms with Crippen LogP contribution in [-0.2, 0) is 0 Å². The second kappa shape index (κ2) is 5.56. The third-order valence-corrected chi connectivity index (χ3v) is 2.98. The number of fused-ring (bicyclic) bond motifs is 1. The van der Waals surface area contributed by atoms with Gasteiger partial charge >= 0.3 is 0 Å². The molecule has 0 unspecified atom stereocenters. The van der Waals surface area contributed by atoms with Gasteiger partial charge in [-0.3, -0.25) is 4.98 Å². The molecule has 0 aliphatic heterocycles. The van der Waals surface area contributed by atoms with E-state index in [2.05, 4.69) is 30.9 Å². The number of nitrogens with one attached hydrogen (secondary N) is 2. The van der Waals surface area contributed by atoms with Gasteiger partial charge < -0.3 is 5.32 Å². The first-order valence-electron chi connectivity index (χ1n) is 5.93. The molecule has 0 amide bonds. The third kappa shape index (κ3) is 2.66. The molecule has 2 aromatic heterocycles. The van der Waals surface area contributed by atoms with E-state index in [0.717, 1.165) is 16.6 Å². The zero-order chi connectivity index (χ0) is 14.7. The molecular weight excluding hydrogens is 290 g/mol. The minimum Gasteiger partial charge on any atom is -0.360 e. The van der Waals surface area contributed by atoms with E-state index in [4.69, 9.17) is 16.9 Å². The van der Waals surface area contributed by atoms with Crippen molar-refractivity contribution in [3.05, 3.63) is 47.5 Å². The van der Waals surface area contributed by atoms with Crippen molar-refractivity contribution in [2.45, 2.75) is 0 Å². The molecule has 102 valence electrons. The molecule has 0 spiro atoms. The third-order valence-electron chi connectivity index (χ3n) is 2.77. The fourth-order valence-electron chi connectivity index (χ4n) is 1.82. The molecule has 3 aromatic rings. The Morgan fingerprint density at radius 3 is 3.10 bits per heavy atom. The maximum atomic E-state index is 9.12. The molecule has 2 heterocycles. The molecule has 1 aromatic carbocycles. The van der Waals surface area contributed by atoms with Crippen molar-refractivity contribution >= 4 is 33.8 Å². The number of tetrazole rings is 1. The van der Waals surface area contributed by atoms with E-state index < -0.39 is 0 Å². The summed E-state index contributed by atoms with van der Waals surface area (Å²) in [5.41, 5.74) is 1.84. The fourth-order valence-corrected chi connectivity index (χ4v) is 1.98. The normalized spacial score (nSPS) is 11.3. The van der Waals surface area contributed by atoms with Crippen LogP contribution >= 0.6 is 11.6 Å². The van der Waals surface area contributed by atoms with Crippen LogP contribution in [0.4, 0.5) is 5.69 Å². The van der Waals surface area contributed by atoms with Crippen LogP contribution in [0.2, 0.25) is 5.02 Å². The quantitative estimate of drug-likeness (QED) is 0.719. The summed E-state index contributed by atoms with van der Waals surface area (Å²) < 4.78 is 0. The van der Waals surface area contributed by atoms with Gasteiger partial charge in [0.05, 0.1) is 10.5 Å². The Balaban J connectivity index is 1.99. The average Bonchev–Trinajstić information content (AvgIpc) is 3.02. The number of benzene rings is 1. The smallest absolute Gasteiger partial charge is 0.216 e. The molecular formula is C13H8ClN7. The maximum absolute atomic E-state index is 9.12. The lowest BCUT2D eigenvalue weighted by Crippen LogP contribution is -1.94. The van der Waals surface area contributed by atoms with Crippen LogP contribution in [0, 0.1) is 11.3 Å². The van der Waals surface area contributed by atoms with Crippen LogP contribution in [0.5, 0.6) is 0 Å². The Labute approximate surface area is 124 Å². The van der Waals surface area contributed by atoms with Crippen LogP contribution in [0.15, 0.2) is 36.7 Å². The van der Waals surface area contributed by atoms with Gasteiger partial charge in [-0.25, -0.2) is 0 Å². The molecule has 0 atom stereocenters. The molecule has 7 nitrogen and oxygen atoms in total. The van der Waals surface area contributed by atoms with Crippen LogP contribution in [0.1, 0.15) is 5.82 Å². The Morgan fingerprint density at radius 1 is 1.43 bits per heavy atom. The number of hydrogen-bond acceptors (Lipinski definition) is 6. The van der Waals surface area contributed by atoms with Crippen molar-refractivity contribution in [1.82, 2.24) is 25.6 Å². The highest BCUT2D eigenvalue weighted by Gasteiger charge is 2.06. The number of aromatic amines is 1. The molecule has 0 saturated heterocycles. The summed E-state index contributed by atoms with van der Waals surface area (Å²) in [5.74, 6) is 0.224. The van der Waals surface area contributed by atoms with E-state index >= 15 is 0 Å². The summed E-state index contributed by atoms with van der Waals surface area (Å²) in [6.45, 7) is 0. The van der Waals surface area contributed by atoms with Crippen molar-refractivity contribution in [3.8, 4) is 6.07 Å². The minimum absolute atomic E-state index is 0.224. The zero-order valence-electron chi connectivity index (χ0n) is 10.6. The first-order chi connectivity index (χ1) is 10.3. The first kappa shape index (κ1) is 13.0. The molecule has 0 aliphatic carbocycles. The highest BCUT2D eigenvalue weighted by Crippen LogP contribution is 2.25. The van der Waals surface area contributed by atoms with Crippen molar-refractivity contribution in [2.75, 3.05) is 5.32 Å². The topological polar surface area (TPSA) is 103 Å². The number of hydrogen-bond donors (Lipinski definition) is 2. The van der Waals surface area contributed by atoms with Crippen LogP contribution in [0.25, 0.3) is 16.5 Å². The van der Waals surface area contributed by atoms with Gasteiger partial charge in [0, 0.05) is 23.5 Å². The summed E-state index contributed by atoms with van der Waals surface area (Å²) in [6, 6.07) is 9.42. The highest BCUT2D eigenvalue weighted by molar-refractivity contribution is 6.31. The Kier molecular flexibility index (Phi) is 3.45. The predicted octanol–water partition coefficient (Wildman–Crippen LogP) is 2.38. The summed E-state index contributed by atoms with van der Waals surface area (Å²) >= 11 is 5.97. The summed E-state index contributed by atoms with van der Waals surface area (Å²) in [5, 5.41) is 26.8. The highest BCUT2D eigenvalue weighted by atomic mass is 35.5. The fraction of sp³-hybridized carbons (Fsp3) is 0. The molecule has 0 bridgehead atoms. The molecule has 21 heavy (non-hydrogen) atoms. The number of pyridine rings is 1. The molecule has 0 fully saturated rings. The number of nitrogens with zero attached hydrogens (tertiary/aromatic N) is 5. The number of allylic oxidation sites excluding steroid dienone is 1. The van der Waals surface area contributed by atoms with Gasteiger partial charge in [0.2, 0.25) is 5.82 Å². The summed E-state index contributed by atoms with van der Waals surface area (Å²) in [7, 11) is 0. The van der Waals surface area contributed by atoms with E-state index in [1.165, 1.54) is 6.20 Å². The van der Waals surface area contributed by atoms with E-state index in [9.17, 15) is 0 Å².